The third kappa shape index (κ3) is 3.96. The molecule has 1 heterocycles. The minimum Gasteiger partial charge on any atom is -0.352 e. The molecule has 2 N–H and O–H groups in total. The summed E-state index contributed by atoms with van der Waals surface area (Å²) >= 11 is 0. The number of hydrogen-bond acceptors (Lipinski definition) is 2. The first-order valence-corrected chi connectivity index (χ1v) is 6.59. The van der Waals surface area contributed by atoms with Crippen molar-refractivity contribution in [1.82, 2.24) is 10.6 Å². The van der Waals surface area contributed by atoms with E-state index in [1.54, 1.807) is 0 Å². The second-order valence-corrected chi connectivity index (χ2v) is 4.99. The lowest BCUT2D eigenvalue weighted by Crippen LogP contribution is -2.27. The standard InChI is InChI=1S/C14H17F3N2O/c15-14(16,17)12-4-2-1-3-11(12)9-19-13(20)7-10-5-6-18-8-10/h1-4,10,18H,5-9H2,(H,19,20)/t10-/m0/s1. The van der Waals surface area contributed by atoms with Crippen molar-refractivity contribution < 1.29 is 18.0 Å². The molecule has 0 aromatic heterocycles. The van der Waals surface area contributed by atoms with Crippen molar-refractivity contribution in [3.05, 3.63) is 35.4 Å². The summed E-state index contributed by atoms with van der Waals surface area (Å²) in [5.41, 5.74) is -0.597. The van der Waals surface area contributed by atoms with Gasteiger partial charge in [-0.1, -0.05) is 18.2 Å². The molecule has 0 bridgehead atoms. The molecule has 1 atom stereocenters. The number of benzene rings is 1. The van der Waals surface area contributed by atoms with Gasteiger partial charge in [0.1, 0.15) is 0 Å². The molecule has 110 valence electrons. The molecule has 1 saturated heterocycles. The van der Waals surface area contributed by atoms with Gasteiger partial charge in [0, 0.05) is 13.0 Å². The monoisotopic (exact) mass is 286 g/mol. The Morgan fingerprint density at radius 2 is 2.10 bits per heavy atom. The van der Waals surface area contributed by atoms with Crippen LogP contribution in [0, 0.1) is 5.92 Å². The fourth-order valence-electron chi connectivity index (χ4n) is 2.37. The van der Waals surface area contributed by atoms with Gasteiger partial charge < -0.3 is 10.6 Å². The fourth-order valence-corrected chi connectivity index (χ4v) is 2.37. The highest BCUT2D eigenvalue weighted by molar-refractivity contribution is 5.76. The van der Waals surface area contributed by atoms with Crippen LogP contribution in [0.1, 0.15) is 24.0 Å². The van der Waals surface area contributed by atoms with E-state index in [0.717, 1.165) is 25.6 Å². The van der Waals surface area contributed by atoms with Crippen molar-refractivity contribution >= 4 is 5.91 Å². The molecule has 1 aliphatic rings. The number of hydrogen-bond donors (Lipinski definition) is 2. The van der Waals surface area contributed by atoms with Crippen molar-refractivity contribution in [2.45, 2.75) is 25.6 Å². The number of halogens is 3. The summed E-state index contributed by atoms with van der Waals surface area (Å²) in [7, 11) is 0. The van der Waals surface area contributed by atoms with Crippen molar-refractivity contribution in [3.8, 4) is 0 Å². The number of carbonyl (C=O) groups excluding carboxylic acids is 1. The molecule has 20 heavy (non-hydrogen) atoms. The van der Waals surface area contributed by atoms with E-state index < -0.39 is 11.7 Å². The smallest absolute Gasteiger partial charge is 0.352 e. The van der Waals surface area contributed by atoms with E-state index in [-0.39, 0.29) is 23.9 Å². The molecule has 3 nitrogen and oxygen atoms in total. The highest BCUT2D eigenvalue weighted by Crippen LogP contribution is 2.31. The predicted molar refractivity (Wildman–Crippen MR) is 68.9 cm³/mol. The van der Waals surface area contributed by atoms with Gasteiger partial charge in [-0.25, -0.2) is 0 Å². The number of carbonyl (C=O) groups is 1. The van der Waals surface area contributed by atoms with E-state index in [4.69, 9.17) is 0 Å². The van der Waals surface area contributed by atoms with E-state index in [1.807, 2.05) is 0 Å². The average Bonchev–Trinajstić information content (AvgIpc) is 2.88. The molecular weight excluding hydrogens is 269 g/mol. The van der Waals surface area contributed by atoms with Gasteiger partial charge >= 0.3 is 6.18 Å². The molecule has 1 amide bonds. The third-order valence-corrected chi connectivity index (χ3v) is 3.44. The summed E-state index contributed by atoms with van der Waals surface area (Å²) < 4.78 is 38.3. The van der Waals surface area contributed by atoms with Crippen LogP contribution < -0.4 is 10.6 Å². The zero-order valence-corrected chi connectivity index (χ0v) is 11.0. The lowest BCUT2D eigenvalue weighted by molar-refractivity contribution is -0.138. The Kier molecular flexibility index (Phi) is 4.65. The van der Waals surface area contributed by atoms with Crippen LogP contribution in [0.4, 0.5) is 13.2 Å². The van der Waals surface area contributed by atoms with E-state index >= 15 is 0 Å². The summed E-state index contributed by atoms with van der Waals surface area (Å²) in [5, 5.41) is 5.72. The topological polar surface area (TPSA) is 41.1 Å². The maximum absolute atomic E-state index is 12.8. The zero-order chi connectivity index (χ0) is 14.6. The zero-order valence-electron chi connectivity index (χ0n) is 11.0. The van der Waals surface area contributed by atoms with Crippen LogP contribution in [0.3, 0.4) is 0 Å². The predicted octanol–water partition coefficient (Wildman–Crippen LogP) is 2.32. The molecule has 1 aromatic rings. The van der Waals surface area contributed by atoms with Crippen LogP contribution >= 0.6 is 0 Å². The summed E-state index contributed by atoms with van der Waals surface area (Å²) in [6, 6.07) is 5.30. The van der Waals surface area contributed by atoms with E-state index in [9.17, 15) is 18.0 Å². The molecule has 1 aromatic carbocycles. The highest BCUT2D eigenvalue weighted by Gasteiger charge is 2.32. The molecule has 0 aliphatic carbocycles. The highest BCUT2D eigenvalue weighted by atomic mass is 19.4. The Bertz CT molecular complexity index is 468. The lowest BCUT2D eigenvalue weighted by Gasteiger charge is -2.14. The molecule has 0 saturated carbocycles. The van der Waals surface area contributed by atoms with Gasteiger partial charge in [-0.15, -0.1) is 0 Å². The van der Waals surface area contributed by atoms with Gasteiger partial charge in [0.15, 0.2) is 0 Å². The van der Waals surface area contributed by atoms with Gasteiger partial charge in [-0.05, 0) is 37.1 Å². The molecule has 0 radical (unpaired) electrons. The van der Waals surface area contributed by atoms with Crippen molar-refractivity contribution in [2.75, 3.05) is 13.1 Å². The normalized spacial score (nSPS) is 19.1. The van der Waals surface area contributed by atoms with Crippen molar-refractivity contribution in [1.29, 1.82) is 0 Å². The average molecular weight is 286 g/mol. The minimum absolute atomic E-state index is 0.0886. The van der Waals surface area contributed by atoms with Crippen LogP contribution in [0.15, 0.2) is 24.3 Å². The van der Waals surface area contributed by atoms with Crippen LogP contribution in [0.2, 0.25) is 0 Å². The second kappa shape index (κ2) is 6.26. The van der Waals surface area contributed by atoms with Crippen LogP contribution in [0.5, 0.6) is 0 Å². The lowest BCUT2D eigenvalue weighted by atomic mass is 10.0. The molecule has 0 unspecified atom stereocenters. The van der Waals surface area contributed by atoms with E-state index in [0.29, 0.717) is 6.42 Å². The SMILES string of the molecule is O=C(C[C@@H]1CCNC1)NCc1ccccc1C(F)(F)F. The van der Waals surface area contributed by atoms with E-state index in [1.165, 1.54) is 18.2 Å². The quantitative estimate of drug-likeness (QED) is 0.892. The van der Waals surface area contributed by atoms with Crippen LogP contribution in [0.25, 0.3) is 0 Å². The minimum atomic E-state index is -4.39. The van der Waals surface area contributed by atoms with Gasteiger partial charge in [0.2, 0.25) is 5.91 Å². The van der Waals surface area contributed by atoms with Crippen molar-refractivity contribution in [2.24, 2.45) is 5.92 Å². The van der Waals surface area contributed by atoms with Gasteiger partial charge in [0.05, 0.1) is 5.56 Å². The Balaban J connectivity index is 1.92. The summed E-state index contributed by atoms with van der Waals surface area (Å²) in [5.74, 6) is 0.0866. The van der Waals surface area contributed by atoms with E-state index in [2.05, 4.69) is 10.6 Å². The Morgan fingerprint density at radius 1 is 1.35 bits per heavy atom. The Labute approximate surface area is 115 Å². The summed E-state index contributed by atoms with van der Waals surface area (Å²) in [4.78, 5) is 11.7. The number of amides is 1. The third-order valence-electron chi connectivity index (χ3n) is 3.44. The number of rotatable bonds is 4. The van der Waals surface area contributed by atoms with Crippen molar-refractivity contribution in [3.63, 3.8) is 0 Å². The maximum atomic E-state index is 12.8. The molecule has 0 spiro atoms. The summed E-state index contributed by atoms with van der Waals surface area (Å²) in [6.07, 6.45) is -3.09. The largest absolute Gasteiger partial charge is 0.416 e. The first-order valence-electron chi connectivity index (χ1n) is 6.59. The maximum Gasteiger partial charge on any atom is 0.416 e. The molecule has 1 aliphatic heterocycles. The molecule has 6 heteroatoms. The van der Waals surface area contributed by atoms with Gasteiger partial charge in [-0.3, -0.25) is 4.79 Å². The Hall–Kier alpha value is -1.56. The van der Waals surface area contributed by atoms with Crippen LogP contribution in [-0.2, 0) is 17.5 Å². The van der Waals surface area contributed by atoms with Gasteiger partial charge in [0.25, 0.3) is 0 Å². The first kappa shape index (κ1) is 14.8. The fraction of sp³-hybridized carbons (Fsp3) is 0.500. The number of alkyl halides is 3. The first-order chi connectivity index (χ1) is 9.47. The molecule has 1 fully saturated rings. The number of nitrogens with one attached hydrogen (secondary N) is 2. The molecular formula is C14H17F3N2O. The van der Waals surface area contributed by atoms with Crippen LogP contribution in [-0.4, -0.2) is 19.0 Å². The van der Waals surface area contributed by atoms with Gasteiger partial charge in [-0.2, -0.15) is 13.2 Å². The molecule has 2 rings (SSSR count). The summed E-state index contributed by atoms with van der Waals surface area (Å²) in [6.45, 7) is 1.61. The second-order valence-electron chi connectivity index (χ2n) is 4.99. The Morgan fingerprint density at radius 3 is 2.75 bits per heavy atom.